The Bertz CT molecular complexity index is 1110. The van der Waals surface area contributed by atoms with E-state index in [0.29, 0.717) is 11.5 Å². The van der Waals surface area contributed by atoms with Crippen LogP contribution in [0.5, 0.6) is 5.75 Å². The van der Waals surface area contributed by atoms with E-state index in [-0.39, 0.29) is 23.9 Å². The monoisotopic (exact) mass is 380 g/mol. The fourth-order valence-corrected chi connectivity index (χ4v) is 2.45. The Kier molecular flexibility index (Phi) is 4.55. The molecular formula is C19H13FN4O4. The second-order valence-corrected chi connectivity index (χ2v) is 5.74. The number of hydrogen-bond donors (Lipinski definition) is 1. The quantitative estimate of drug-likeness (QED) is 0.531. The van der Waals surface area contributed by atoms with Crippen LogP contribution in [0.3, 0.4) is 0 Å². The van der Waals surface area contributed by atoms with Crippen LogP contribution >= 0.6 is 0 Å². The number of carbonyl (C=O) groups excluding carboxylic acids is 1. The van der Waals surface area contributed by atoms with Crippen molar-refractivity contribution in [2.45, 2.75) is 6.61 Å². The largest absolute Gasteiger partial charge is 0.504 e. The van der Waals surface area contributed by atoms with Gasteiger partial charge >= 0.3 is 5.97 Å². The van der Waals surface area contributed by atoms with E-state index in [1.54, 1.807) is 0 Å². The third-order valence-corrected chi connectivity index (χ3v) is 3.81. The molecule has 0 unspecified atom stereocenters. The Balaban J connectivity index is 1.44. The lowest BCUT2D eigenvalue weighted by Gasteiger charge is -2.00. The first kappa shape index (κ1) is 17.4. The van der Waals surface area contributed by atoms with Gasteiger partial charge in [-0.05, 0) is 24.3 Å². The van der Waals surface area contributed by atoms with Gasteiger partial charge in [0, 0.05) is 5.56 Å². The molecule has 4 aromatic rings. The molecule has 140 valence electrons. The van der Waals surface area contributed by atoms with Crippen molar-refractivity contribution in [3.63, 3.8) is 0 Å². The van der Waals surface area contributed by atoms with Gasteiger partial charge in [-0.2, -0.15) is 10.1 Å². The van der Waals surface area contributed by atoms with Crippen LogP contribution in [0.1, 0.15) is 16.4 Å². The average molecular weight is 380 g/mol. The second-order valence-electron chi connectivity index (χ2n) is 5.74. The van der Waals surface area contributed by atoms with Gasteiger partial charge in [0.25, 0.3) is 5.89 Å². The highest BCUT2D eigenvalue weighted by molar-refractivity contribution is 5.90. The first-order valence-electron chi connectivity index (χ1n) is 8.20. The minimum atomic E-state index is -0.863. The molecule has 0 aliphatic heterocycles. The molecule has 9 heteroatoms. The molecule has 28 heavy (non-hydrogen) atoms. The molecule has 2 aromatic heterocycles. The van der Waals surface area contributed by atoms with Gasteiger partial charge in [0.2, 0.25) is 11.5 Å². The SMILES string of the molecule is O=C(OCc1nc(-c2ccccc2)no1)c1nn(-c2ccc(F)cc2)cc1O. The maximum Gasteiger partial charge on any atom is 0.363 e. The van der Waals surface area contributed by atoms with Crippen molar-refractivity contribution in [3.8, 4) is 22.8 Å². The summed E-state index contributed by atoms with van der Waals surface area (Å²) in [7, 11) is 0. The van der Waals surface area contributed by atoms with Crippen molar-refractivity contribution in [2.24, 2.45) is 0 Å². The fourth-order valence-electron chi connectivity index (χ4n) is 2.45. The van der Waals surface area contributed by atoms with Gasteiger partial charge in [-0.15, -0.1) is 0 Å². The van der Waals surface area contributed by atoms with E-state index in [9.17, 15) is 14.3 Å². The van der Waals surface area contributed by atoms with Crippen LogP contribution in [0.25, 0.3) is 17.1 Å². The molecule has 4 rings (SSSR count). The molecule has 0 amide bonds. The summed E-state index contributed by atoms with van der Waals surface area (Å²) in [6.07, 6.45) is 1.23. The average Bonchev–Trinajstić information content (AvgIpc) is 3.34. The highest BCUT2D eigenvalue weighted by Crippen LogP contribution is 2.20. The summed E-state index contributed by atoms with van der Waals surface area (Å²) in [5.41, 5.74) is 0.951. The summed E-state index contributed by atoms with van der Waals surface area (Å²) < 4.78 is 24.4. The first-order valence-corrected chi connectivity index (χ1v) is 8.20. The predicted molar refractivity (Wildman–Crippen MR) is 94.0 cm³/mol. The smallest absolute Gasteiger partial charge is 0.363 e. The zero-order valence-corrected chi connectivity index (χ0v) is 14.3. The topological polar surface area (TPSA) is 103 Å². The Labute approximate surface area is 157 Å². The summed E-state index contributed by atoms with van der Waals surface area (Å²) in [5.74, 6) is -1.17. The summed E-state index contributed by atoms with van der Waals surface area (Å²) >= 11 is 0. The number of aromatic hydroxyl groups is 1. The van der Waals surface area contributed by atoms with Gasteiger partial charge in [-0.1, -0.05) is 35.5 Å². The molecule has 1 N–H and O–H groups in total. The molecule has 0 bridgehead atoms. The Hall–Kier alpha value is -4.01. The number of esters is 1. The lowest BCUT2D eigenvalue weighted by molar-refractivity contribution is 0.0419. The van der Waals surface area contributed by atoms with Crippen LogP contribution in [0.2, 0.25) is 0 Å². The second kappa shape index (κ2) is 7.31. The van der Waals surface area contributed by atoms with Gasteiger partial charge < -0.3 is 14.4 Å². The lowest BCUT2D eigenvalue weighted by Crippen LogP contribution is -2.07. The minimum Gasteiger partial charge on any atom is -0.504 e. The van der Waals surface area contributed by atoms with E-state index in [1.807, 2.05) is 30.3 Å². The van der Waals surface area contributed by atoms with Crippen LogP contribution in [0.15, 0.2) is 65.3 Å². The van der Waals surface area contributed by atoms with Gasteiger partial charge in [0.15, 0.2) is 12.4 Å². The van der Waals surface area contributed by atoms with Gasteiger partial charge in [-0.25, -0.2) is 13.9 Å². The van der Waals surface area contributed by atoms with E-state index < -0.39 is 11.8 Å². The number of nitrogens with zero attached hydrogens (tertiary/aromatic N) is 4. The molecule has 0 fully saturated rings. The predicted octanol–water partition coefficient (Wildman–Crippen LogP) is 3.12. The Morgan fingerprint density at radius 2 is 1.89 bits per heavy atom. The zero-order chi connectivity index (χ0) is 19.5. The third kappa shape index (κ3) is 3.58. The van der Waals surface area contributed by atoms with Gasteiger partial charge in [-0.3, -0.25) is 0 Å². The minimum absolute atomic E-state index is 0.102. The molecule has 0 radical (unpaired) electrons. The summed E-state index contributed by atoms with van der Waals surface area (Å²) in [6, 6.07) is 14.6. The number of rotatable bonds is 5. The number of aromatic nitrogens is 4. The maximum absolute atomic E-state index is 13.0. The maximum atomic E-state index is 13.0. The molecular weight excluding hydrogens is 367 g/mol. The number of ether oxygens (including phenoxy) is 1. The number of hydrogen-bond acceptors (Lipinski definition) is 7. The van der Waals surface area contributed by atoms with Crippen molar-refractivity contribution in [2.75, 3.05) is 0 Å². The van der Waals surface area contributed by atoms with E-state index in [2.05, 4.69) is 15.2 Å². The molecule has 0 aliphatic rings. The molecule has 2 heterocycles. The summed E-state index contributed by atoms with van der Waals surface area (Å²) in [4.78, 5) is 16.4. The highest BCUT2D eigenvalue weighted by atomic mass is 19.1. The normalized spacial score (nSPS) is 10.8. The van der Waals surface area contributed by atoms with Crippen molar-refractivity contribution >= 4 is 5.97 Å². The number of benzene rings is 2. The first-order chi connectivity index (χ1) is 13.6. The van der Waals surface area contributed by atoms with Crippen molar-refractivity contribution in [1.29, 1.82) is 0 Å². The standard InChI is InChI=1S/C19H13FN4O4/c20-13-6-8-14(9-7-13)24-10-15(25)17(22-24)19(26)27-11-16-21-18(23-28-16)12-4-2-1-3-5-12/h1-10,25H,11H2. The molecule has 0 saturated carbocycles. The van der Waals surface area contributed by atoms with Crippen LogP contribution in [-0.2, 0) is 11.3 Å². The van der Waals surface area contributed by atoms with Crippen molar-refractivity contribution in [1.82, 2.24) is 19.9 Å². The molecule has 0 spiro atoms. The van der Waals surface area contributed by atoms with Gasteiger partial charge in [0.05, 0.1) is 11.9 Å². The zero-order valence-electron chi connectivity index (χ0n) is 14.3. The van der Waals surface area contributed by atoms with Gasteiger partial charge in [0.1, 0.15) is 5.82 Å². The molecule has 8 nitrogen and oxygen atoms in total. The summed E-state index contributed by atoms with van der Waals surface area (Å²) in [6.45, 7) is -0.276. The molecule has 0 atom stereocenters. The van der Waals surface area contributed by atoms with Crippen LogP contribution in [-0.4, -0.2) is 31.0 Å². The van der Waals surface area contributed by atoms with E-state index in [1.165, 1.54) is 35.1 Å². The number of carbonyl (C=O) groups is 1. The van der Waals surface area contributed by atoms with Crippen molar-refractivity contribution in [3.05, 3.63) is 78.2 Å². The Morgan fingerprint density at radius 3 is 2.64 bits per heavy atom. The lowest BCUT2D eigenvalue weighted by atomic mass is 10.2. The molecule has 0 saturated heterocycles. The van der Waals surface area contributed by atoms with E-state index in [4.69, 9.17) is 9.26 Å². The van der Waals surface area contributed by atoms with Crippen LogP contribution in [0, 0.1) is 5.82 Å². The fraction of sp³-hybridized carbons (Fsp3) is 0.0526. The summed E-state index contributed by atoms with van der Waals surface area (Å²) in [5, 5.41) is 17.8. The van der Waals surface area contributed by atoms with E-state index >= 15 is 0 Å². The Morgan fingerprint density at radius 1 is 1.14 bits per heavy atom. The highest BCUT2D eigenvalue weighted by Gasteiger charge is 2.20. The van der Waals surface area contributed by atoms with Crippen LogP contribution in [0.4, 0.5) is 4.39 Å². The third-order valence-electron chi connectivity index (χ3n) is 3.81. The van der Waals surface area contributed by atoms with Crippen molar-refractivity contribution < 1.29 is 23.6 Å². The van der Waals surface area contributed by atoms with E-state index in [0.717, 1.165) is 5.56 Å². The van der Waals surface area contributed by atoms with Crippen LogP contribution < -0.4 is 0 Å². The molecule has 2 aromatic carbocycles. The molecule has 0 aliphatic carbocycles. The number of halogens is 1.